The predicted molar refractivity (Wildman–Crippen MR) is 60.7 cm³/mol. The molecule has 1 rings (SSSR count). The largest absolute Gasteiger partial charge is 0.460 e. The fourth-order valence-electron chi connectivity index (χ4n) is 1.82. The average Bonchev–Trinajstić information content (AvgIpc) is 2.05. The molecule has 1 N–H and O–H groups in total. The van der Waals surface area contributed by atoms with Crippen LogP contribution in [0.1, 0.15) is 47.0 Å². The van der Waals surface area contributed by atoms with E-state index in [1.807, 2.05) is 20.8 Å². The van der Waals surface area contributed by atoms with Crippen molar-refractivity contribution in [3.05, 3.63) is 0 Å². The summed E-state index contributed by atoms with van der Waals surface area (Å²) in [6, 6.07) is 0.316. The molecule has 1 aliphatic rings. The molecule has 0 aromatic heterocycles. The van der Waals surface area contributed by atoms with Gasteiger partial charge in [-0.2, -0.15) is 0 Å². The lowest BCUT2D eigenvalue weighted by Crippen LogP contribution is -2.40. The second-order valence-electron chi connectivity index (χ2n) is 5.58. The second kappa shape index (κ2) is 4.97. The Hall–Kier alpha value is -0.570. The minimum Gasteiger partial charge on any atom is -0.460 e. The molecular weight excluding hydrogens is 190 g/mol. The molecule has 1 fully saturated rings. The fraction of sp³-hybridized carbons (Fsp3) is 0.917. The monoisotopic (exact) mass is 213 g/mol. The summed E-state index contributed by atoms with van der Waals surface area (Å²) in [4.78, 5) is 11.5. The molecule has 1 aliphatic heterocycles. The van der Waals surface area contributed by atoms with Crippen LogP contribution in [0.4, 0.5) is 0 Å². The maximum atomic E-state index is 11.5. The van der Waals surface area contributed by atoms with Crippen molar-refractivity contribution in [3.63, 3.8) is 0 Å². The lowest BCUT2D eigenvalue weighted by molar-refractivity contribution is -0.155. The number of nitrogens with one attached hydrogen (secondary N) is 1. The molecule has 1 saturated heterocycles. The smallest absolute Gasteiger partial charge is 0.307 e. The second-order valence-corrected chi connectivity index (χ2v) is 5.58. The maximum absolute atomic E-state index is 11.5. The summed E-state index contributed by atoms with van der Waals surface area (Å²) in [7, 11) is 0. The van der Waals surface area contributed by atoms with Crippen LogP contribution < -0.4 is 5.32 Å². The number of hydrogen-bond donors (Lipinski definition) is 1. The van der Waals surface area contributed by atoms with Crippen LogP contribution in [0.5, 0.6) is 0 Å². The molecule has 88 valence electrons. The first-order chi connectivity index (χ1) is 6.87. The molecule has 2 atom stereocenters. The van der Waals surface area contributed by atoms with Gasteiger partial charge < -0.3 is 10.1 Å². The molecule has 0 aliphatic carbocycles. The molecule has 3 nitrogen and oxygen atoms in total. The van der Waals surface area contributed by atoms with Crippen LogP contribution >= 0.6 is 0 Å². The topological polar surface area (TPSA) is 38.3 Å². The van der Waals surface area contributed by atoms with E-state index >= 15 is 0 Å². The molecule has 0 aromatic carbocycles. The van der Waals surface area contributed by atoms with Crippen LogP contribution in [0.15, 0.2) is 0 Å². The number of rotatable bonds is 2. The summed E-state index contributed by atoms with van der Waals surface area (Å²) in [6.45, 7) is 8.97. The fourth-order valence-corrected chi connectivity index (χ4v) is 1.82. The SMILES string of the molecule is CC1CCC(CC(=O)OC(C)(C)C)NC1. The Morgan fingerprint density at radius 2 is 2.07 bits per heavy atom. The van der Waals surface area contributed by atoms with Crippen molar-refractivity contribution in [2.45, 2.75) is 58.6 Å². The van der Waals surface area contributed by atoms with Crippen LogP contribution in [0.3, 0.4) is 0 Å². The third-order valence-electron chi connectivity index (χ3n) is 2.60. The van der Waals surface area contributed by atoms with E-state index in [1.165, 1.54) is 6.42 Å². The Labute approximate surface area is 92.6 Å². The molecule has 2 unspecified atom stereocenters. The highest BCUT2D eigenvalue weighted by molar-refractivity contribution is 5.70. The number of carbonyl (C=O) groups excluding carboxylic acids is 1. The van der Waals surface area contributed by atoms with E-state index in [-0.39, 0.29) is 11.6 Å². The number of ether oxygens (including phenoxy) is 1. The molecular formula is C12H23NO2. The summed E-state index contributed by atoms with van der Waals surface area (Å²) in [5.74, 6) is 0.648. The number of carbonyl (C=O) groups is 1. The van der Waals surface area contributed by atoms with Gasteiger partial charge in [-0.05, 0) is 46.1 Å². The predicted octanol–water partition coefficient (Wildman–Crippen LogP) is 2.11. The molecule has 1 heterocycles. The van der Waals surface area contributed by atoms with Crippen molar-refractivity contribution in [2.75, 3.05) is 6.54 Å². The van der Waals surface area contributed by atoms with Gasteiger partial charge in [-0.25, -0.2) is 0 Å². The van der Waals surface area contributed by atoms with Gasteiger partial charge in [0.15, 0.2) is 0 Å². The molecule has 0 saturated carbocycles. The van der Waals surface area contributed by atoms with E-state index < -0.39 is 0 Å². The Morgan fingerprint density at radius 3 is 2.53 bits per heavy atom. The van der Waals surface area contributed by atoms with Crippen molar-refractivity contribution in [2.24, 2.45) is 5.92 Å². The van der Waals surface area contributed by atoms with E-state index in [1.54, 1.807) is 0 Å². The molecule has 0 amide bonds. The maximum Gasteiger partial charge on any atom is 0.307 e. The van der Waals surface area contributed by atoms with Gasteiger partial charge in [0, 0.05) is 6.04 Å². The van der Waals surface area contributed by atoms with Crippen LogP contribution in [-0.2, 0) is 9.53 Å². The molecule has 0 aromatic rings. The summed E-state index contributed by atoms with van der Waals surface area (Å²) >= 11 is 0. The Bertz CT molecular complexity index is 212. The summed E-state index contributed by atoms with van der Waals surface area (Å²) in [5, 5.41) is 3.38. The van der Waals surface area contributed by atoms with E-state index in [0.717, 1.165) is 18.9 Å². The molecule has 0 spiro atoms. The molecule has 0 radical (unpaired) electrons. The summed E-state index contributed by atoms with van der Waals surface area (Å²) in [6.07, 6.45) is 2.80. The van der Waals surface area contributed by atoms with E-state index in [0.29, 0.717) is 12.5 Å². The minimum atomic E-state index is -0.362. The zero-order valence-corrected chi connectivity index (χ0v) is 10.3. The van der Waals surface area contributed by atoms with Gasteiger partial charge in [-0.3, -0.25) is 4.79 Å². The Morgan fingerprint density at radius 1 is 1.40 bits per heavy atom. The van der Waals surface area contributed by atoms with Gasteiger partial charge in [0.05, 0.1) is 6.42 Å². The van der Waals surface area contributed by atoms with Gasteiger partial charge in [0.1, 0.15) is 5.60 Å². The van der Waals surface area contributed by atoms with Gasteiger partial charge in [0.25, 0.3) is 0 Å². The Kier molecular flexibility index (Phi) is 4.14. The van der Waals surface area contributed by atoms with Crippen molar-refractivity contribution < 1.29 is 9.53 Å². The van der Waals surface area contributed by atoms with Gasteiger partial charge in [0.2, 0.25) is 0 Å². The first-order valence-corrected chi connectivity index (χ1v) is 5.82. The average molecular weight is 213 g/mol. The number of esters is 1. The van der Waals surface area contributed by atoms with Gasteiger partial charge in [-0.1, -0.05) is 6.92 Å². The van der Waals surface area contributed by atoms with Crippen molar-refractivity contribution in [3.8, 4) is 0 Å². The van der Waals surface area contributed by atoms with E-state index in [2.05, 4.69) is 12.2 Å². The van der Waals surface area contributed by atoms with Crippen molar-refractivity contribution in [1.29, 1.82) is 0 Å². The standard InChI is InChI=1S/C12H23NO2/c1-9-5-6-10(13-8-9)7-11(14)15-12(2,3)4/h9-10,13H,5-8H2,1-4H3. The van der Waals surface area contributed by atoms with Crippen molar-refractivity contribution in [1.82, 2.24) is 5.32 Å². The summed E-state index contributed by atoms with van der Waals surface area (Å²) < 4.78 is 5.29. The third-order valence-corrected chi connectivity index (χ3v) is 2.60. The quantitative estimate of drug-likeness (QED) is 0.714. The zero-order valence-electron chi connectivity index (χ0n) is 10.3. The lowest BCUT2D eigenvalue weighted by atomic mass is 9.95. The molecule has 0 bridgehead atoms. The van der Waals surface area contributed by atoms with E-state index in [9.17, 15) is 4.79 Å². The van der Waals surface area contributed by atoms with Crippen LogP contribution in [0.2, 0.25) is 0 Å². The first kappa shape index (κ1) is 12.5. The van der Waals surface area contributed by atoms with Gasteiger partial charge in [-0.15, -0.1) is 0 Å². The highest BCUT2D eigenvalue weighted by atomic mass is 16.6. The van der Waals surface area contributed by atoms with Crippen LogP contribution in [-0.4, -0.2) is 24.2 Å². The number of piperidine rings is 1. The highest BCUT2D eigenvalue weighted by Crippen LogP contribution is 2.17. The summed E-state index contributed by atoms with van der Waals surface area (Å²) in [5.41, 5.74) is -0.362. The third kappa shape index (κ3) is 5.17. The first-order valence-electron chi connectivity index (χ1n) is 5.82. The van der Waals surface area contributed by atoms with Crippen molar-refractivity contribution >= 4 is 5.97 Å². The molecule has 3 heteroatoms. The normalized spacial score (nSPS) is 27.5. The minimum absolute atomic E-state index is 0.0884. The lowest BCUT2D eigenvalue weighted by Gasteiger charge is -2.28. The zero-order chi connectivity index (χ0) is 11.5. The van der Waals surface area contributed by atoms with Crippen LogP contribution in [0.25, 0.3) is 0 Å². The van der Waals surface area contributed by atoms with Gasteiger partial charge >= 0.3 is 5.97 Å². The highest BCUT2D eigenvalue weighted by Gasteiger charge is 2.23. The molecule has 15 heavy (non-hydrogen) atoms. The number of hydrogen-bond acceptors (Lipinski definition) is 3. The van der Waals surface area contributed by atoms with Crippen LogP contribution in [0, 0.1) is 5.92 Å². The van der Waals surface area contributed by atoms with E-state index in [4.69, 9.17) is 4.74 Å². The Balaban J connectivity index is 2.27.